The number of benzene rings is 3. The van der Waals surface area contributed by atoms with Crippen LogP contribution in [-0.2, 0) is 10.0 Å². The molecule has 3 aromatic carbocycles. The molecule has 7 nitrogen and oxygen atoms in total. The molecule has 1 N–H and O–H groups in total. The Balaban J connectivity index is 1.75. The minimum Gasteiger partial charge on any atom is -0.496 e. The fourth-order valence-electron chi connectivity index (χ4n) is 3.75. The molecule has 0 aromatic heterocycles. The Bertz CT molecular complexity index is 1270. The minimum atomic E-state index is -3.41. The van der Waals surface area contributed by atoms with E-state index in [4.69, 9.17) is 4.74 Å². The average Bonchev–Trinajstić information content (AvgIpc) is 3.23. The summed E-state index contributed by atoms with van der Waals surface area (Å²) in [5.74, 6) is 0.453. The summed E-state index contributed by atoms with van der Waals surface area (Å²) in [5, 5.41) is 6.16. The molecule has 0 aliphatic carbocycles. The van der Waals surface area contributed by atoms with Gasteiger partial charge in [0.25, 0.3) is 5.91 Å². The lowest BCUT2D eigenvalue weighted by Gasteiger charge is -2.23. The molecule has 1 heterocycles. The number of sulfonamides is 1. The van der Waals surface area contributed by atoms with E-state index in [-0.39, 0.29) is 11.9 Å². The van der Waals surface area contributed by atoms with E-state index < -0.39 is 10.0 Å². The van der Waals surface area contributed by atoms with Gasteiger partial charge in [-0.15, -0.1) is 0 Å². The van der Waals surface area contributed by atoms with Crippen LogP contribution in [0.3, 0.4) is 0 Å². The lowest BCUT2D eigenvalue weighted by molar-refractivity contribution is 0.0709. The van der Waals surface area contributed by atoms with Gasteiger partial charge in [0.2, 0.25) is 10.0 Å². The first-order valence-corrected chi connectivity index (χ1v) is 11.9. The molecule has 0 bridgehead atoms. The maximum Gasteiger partial charge on any atom is 0.274 e. The molecule has 32 heavy (non-hydrogen) atoms. The number of para-hydroxylation sites is 1. The number of carbonyl (C=O) groups is 1. The van der Waals surface area contributed by atoms with E-state index >= 15 is 0 Å². The normalized spacial score (nSPS) is 15.9. The van der Waals surface area contributed by atoms with Gasteiger partial charge in [-0.25, -0.2) is 13.4 Å². The van der Waals surface area contributed by atoms with Crippen molar-refractivity contribution in [3.8, 4) is 5.75 Å². The van der Waals surface area contributed by atoms with Gasteiger partial charge >= 0.3 is 0 Å². The molecule has 3 aromatic rings. The number of carbonyl (C=O) groups excluding carboxylic acids is 1. The maximum atomic E-state index is 13.3. The number of hydrogen-bond acceptors (Lipinski definition) is 5. The predicted octanol–water partition coefficient (Wildman–Crippen LogP) is 4.06. The highest BCUT2D eigenvalue weighted by Crippen LogP contribution is 2.38. The molecule has 0 radical (unpaired) electrons. The number of amides is 1. The summed E-state index contributed by atoms with van der Waals surface area (Å²) in [4.78, 5) is 13.3. The summed E-state index contributed by atoms with van der Waals surface area (Å²) in [6.07, 6.45) is 1.56. The smallest absolute Gasteiger partial charge is 0.274 e. The van der Waals surface area contributed by atoms with Crippen LogP contribution in [0.4, 0.5) is 5.69 Å². The van der Waals surface area contributed by atoms with E-state index in [2.05, 4.69) is 9.82 Å². The van der Waals surface area contributed by atoms with Crippen LogP contribution in [0.1, 0.15) is 33.9 Å². The Morgan fingerprint density at radius 1 is 1.03 bits per heavy atom. The van der Waals surface area contributed by atoms with E-state index in [0.29, 0.717) is 29.1 Å². The zero-order valence-corrected chi connectivity index (χ0v) is 18.5. The fraction of sp³-hybridized carbons (Fsp3) is 0.167. The van der Waals surface area contributed by atoms with Gasteiger partial charge in [0.1, 0.15) is 5.75 Å². The van der Waals surface area contributed by atoms with Crippen molar-refractivity contribution in [2.24, 2.45) is 5.10 Å². The molecule has 0 unspecified atom stereocenters. The molecule has 0 saturated heterocycles. The first-order valence-electron chi connectivity index (χ1n) is 10.0. The zero-order chi connectivity index (χ0) is 22.7. The molecule has 0 fully saturated rings. The number of rotatable bonds is 6. The van der Waals surface area contributed by atoms with E-state index in [1.54, 1.807) is 37.4 Å². The summed E-state index contributed by atoms with van der Waals surface area (Å²) in [7, 11) is -1.81. The Hall–Kier alpha value is -3.65. The largest absolute Gasteiger partial charge is 0.496 e. The number of nitrogens with one attached hydrogen (secondary N) is 1. The molecule has 4 rings (SSSR count). The first-order chi connectivity index (χ1) is 15.4. The molecule has 0 spiro atoms. The molecule has 8 heteroatoms. The number of anilines is 1. The molecule has 1 aliphatic heterocycles. The lowest BCUT2D eigenvalue weighted by atomic mass is 9.97. The van der Waals surface area contributed by atoms with Crippen LogP contribution in [0.2, 0.25) is 0 Å². The Kier molecular flexibility index (Phi) is 5.96. The second-order valence-electron chi connectivity index (χ2n) is 7.48. The van der Waals surface area contributed by atoms with Crippen LogP contribution in [0.15, 0.2) is 84.0 Å². The topological polar surface area (TPSA) is 88.1 Å². The van der Waals surface area contributed by atoms with Crippen LogP contribution in [0.25, 0.3) is 0 Å². The molecule has 1 aliphatic rings. The van der Waals surface area contributed by atoms with Crippen molar-refractivity contribution in [2.45, 2.75) is 12.5 Å². The zero-order valence-electron chi connectivity index (χ0n) is 17.7. The van der Waals surface area contributed by atoms with Gasteiger partial charge in [-0.3, -0.25) is 9.52 Å². The summed E-state index contributed by atoms with van der Waals surface area (Å²) in [6.45, 7) is 0. The Morgan fingerprint density at radius 2 is 1.75 bits per heavy atom. The highest BCUT2D eigenvalue weighted by Gasteiger charge is 2.35. The third-order valence-electron chi connectivity index (χ3n) is 5.14. The van der Waals surface area contributed by atoms with E-state index in [9.17, 15) is 13.2 Å². The minimum absolute atomic E-state index is 0.220. The van der Waals surface area contributed by atoms with Crippen molar-refractivity contribution in [2.75, 3.05) is 18.1 Å². The number of methoxy groups -OCH3 is 1. The quantitative estimate of drug-likeness (QED) is 0.615. The molecule has 1 amide bonds. The van der Waals surface area contributed by atoms with Gasteiger partial charge in [-0.2, -0.15) is 5.10 Å². The second kappa shape index (κ2) is 8.84. The number of ether oxygens (including phenoxy) is 1. The van der Waals surface area contributed by atoms with Crippen molar-refractivity contribution in [3.05, 3.63) is 95.6 Å². The van der Waals surface area contributed by atoms with Crippen molar-refractivity contribution in [1.29, 1.82) is 0 Å². The average molecular weight is 450 g/mol. The van der Waals surface area contributed by atoms with Crippen LogP contribution >= 0.6 is 0 Å². The van der Waals surface area contributed by atoms with Crippen LogP contribution in [0, 0.1) is 0 Å². The van der Waals surface area contributed by atoms with Crippen molar-refractivity contribution in [1.82, 2.24) is 5.01 Å². The van der Waals surface area contributed by atoms with Gasteiger partial charge in [0, 0.05) is 23.2 Å². The Labute approximate surface area is 187 Å². The van der Waals surface area contributed by atoms with Gasteiger partial charge in [0.15, 0.2) is 0 Å². The van der Waals surface area contributed by atoms with Crippen molar-refractivity contribution >= 4 is 27.3 Å². The molecular weight excluding hydrogens is 426 g/mol. The van der Waals surface area contributed by atoms with E-state index in [1.807, 2.05) is 48.5 Å². The molecular formula is C24H23N3O4S. The second-order valence-corrected chi connectivity index (χ2v) is 9.23. The van der Waals surface area contributed by atoms with Crippen molar-refractivity contribution < 1.29 is 17.9 Å². The highest BCUT2D eigenvalue weighted by atomic mass is 32.2. The summed E-state index contributed by atoms with van der Waals surface area (Å²) < 4.78 is 31.3. The standard InChI is InChI=1S/C24H23N3O4S/c1-31-23-14-7-6-13-20(23)22-16-21(18-11-8-12-19(15-18)26-32(2,29)30)25-27(22)24(28)17-9-4-3-5-10-17/h3-15,22,26H,16H2,1-2H3/t22-/m1/s1. The SMILES string of the molecule is COc1ccccc1[C@H]1CC(c2cccc(NS(C)(=O)=O)c2)=NN1C(=O)c1ccccc1. The third-order valence-corrected chi connectivity index (χ3v) is 5.74. The van der Waals surface area contributed by atoms with Gasteiger partial charge < -0.3 is 4.74 Å². The Morgan fingerprint density at radius 3 is 2.47 bits per heavy atom. The first kappa shape index (κ1) is 21.6. The molecule has 0 saturated carbocycles. The summed E-state index contributed by atoms with van der Waals surface area (Å²) >= 11 is 0. The van der Waals surface area contributed by atoms with E-state index in [1.165, 1.54) is 5.01 Å². The van der Waals surface area contributed by atoms with Crippen molar-refractivity contribution in [3.63, 3.8) is 0 Å². The molecule has 1 atom stereocenters. The maximum absolute atomic E-state index is 13.3. The van der Waals surface area contributed by atoms with Crippen LogP contribution in [-0.4, -0.2) is 38.4 Å². The summed E-state index contributed by atoms with van der Waals surface area (Å²) in [5.41, 5.74) is 3.24. The predicted molar refractivity (Wildman–Crippen MR) is 124 cm³/mol. The number of hydrogen-bond donors (Lipinski definition) is 1. The van der Waals surface area contributed by atoms with Crippen LogP contribution in [0.5, 0.6) is 5.75 Å². The molecule has 164 valence electrons. The number of hydrazone groups is 1. The number of nitrogens with zero attached hydrogens (tertiary/aromatic N) is 2. The third kappa shape index (κ3) is 4.65. The monoisotopic (exact) mass is 449 g/mol. The van der Waals surface area contributed by atoms with Gasteiger partial charge in [-0.05, 0) is 35.9 Å². The highest BCUT2D eigenvalue weighted by molar-refractivity contribution is 7.92. The van der Waals surface area contributed by atoms with Gasteiger partial charge in [0.05, 0.1) is 25.1 Å². The van der Waals surface area contributed by atoms with Gasteiger partial charge in [-0.1, -0.05) is 48.5 Å². The fourth-order valence-corrected chi connectivity index (χ4v) is 4.30. The van der Waals surface area contributed by atoms with E-state index in [0.717, 1.165) is 17.4 Å². The van der Waals surface area contributed by atoms with Crippen LogP contribution < -0.4 is 9.46 Å². The summed E-state index contributed by atoms with van der Waals surface area (Å²) in [6, 6.07) is 23.2. The lowest BCUT2D eigenvalue weighted by Crippen LogP contribution is -2.27.